The number of para-hydroxylation sites is 1. The van der Waals surface area contributed by atoms with Crippen LogP contribution in [-0.4, -0.2) is 21.6 Å². The van der Waals surface area contributed by atoms with Gasteiger partial charge in [0.15, 0.2) is 0 Å². The number of aromatic nitrogens is 3. The van der Waals surface area contributed by atoms with Gasteiger partial charge in [-0.2, -0.15) is 0 Å². The van der Waals surface area contributed by atoms with Crippen LogP contribution >= 0.6 is 0 Å². The fourth-order valence-electron chi connectivity index (χ4n) is 2.92. The van der Waals surface area contributed by atoms with Crippen LogP contribution in [0.5, 0.6) is 5.75 Å². The molecule has 24 heavy (non-hydrogen) atoms. The molecular formula is C20H17N3O. The summed E-state index contributed by atoms with van der Waals surface area (Å²) < 4.78 is 7.33. The van der Waals surface area contributed by atoms with Crippen LogP contribution in [0.4, 0.5) is 0 Å². The van der Waals surface area contributed by atoms with Gasteiger partial charge in [-0.05, 0) is 49.4 Å². The Morgan fingerprint density at radius 1 is 0.958 bits per heavy atom. The predicted octanol–water partition coefficient (Wildman–Crippen LogP) is 4.40. The fourth-order valence-corrected chi connectivity index (χ4v) is 2.92. The van der Waals surface area contributed by atoms with Crippen LogP contribution in [0.2, 0.25) is 0 Å². The lowest BCUT2D eigenvalue weighted by Crippen LogP contribution is -1.96. The lowest BCUT2D eigenvalue weighted by Gasteiger charge is -2.07. The molecule has 0 radical (unpaired) electrons. The van der Waals surface area contributed by atoms with E-state index >= 15 is 0 Å². The third-order valence-corrected chi connectivity index (χ3v) is 4.11. The molecular weight excluding hydrogens is 298 g/mol. The van der Waals surface area contributed by atoms with Gasteiger partial charge in [0.05, 0.1) is 30.0 Å². The van der Waals surface area contributed by atoms with Gasteiger partial charge < -0.3 is 4.74 Å². The molecule has 0 fully saturated rings. The number of rotatable bonds is 3. The van der Waals surface area contributed by atoms with E-state index in [0.717, 1.165) is 39.6 Å². The lowest BCUT2D eigenvalue weighted by atomic mass is 10.1. The van der Waals surface area contributed by atoms with Crippen LogP contribution < -0.4 is 4.74 Å². The van der Waals surface area contributed by atoms with Crippen LogP contribution in [0.25, 0.3) is 28.0 Å². The topological polar surface area (TPSA) is 39.9 Å². The van der Waals surface area contributed by atoms with Crippen molar-refractivity contribution in [2.45, 2.75) is 6.92 Å². The Morgan fingerprint density at radius 2 is 1.71 bits per heavy atom. The average Bonchev–Trinajstić information content (AvgIpc) is 2.97. The maximum atomic E-state index is 5.21. The second-order valence-corrected chi connectivity index (χ2v) is 5.62. The molecule has 4 aromatic rings. The summed E-state index contributed by atoms with van der Waals surface area (Å²) in [5, 5.41) is 0. The molecule has 0 aliphatic heterocycles. The first-order valence-corrected chi connectivity index (χ1v) is 7.81. The lowest BCUT2D eigenvalue weighted by molar-refractivity contribution is 0.415. The second kappa shape index (κ2) is 5.81. The van der Waals surface area contributed by atoms with Gasteiger partial charge in [-0.1, -0.05) is 18.2 Å². The van der Waals surface area contributed by atoms with Gasteiger partial charge in [-0.3, -0.25) is 9.55 Å². The Morgan fingerprint density at radius 3 is 2.42 bits per heavy atom. The molecule has 4 rings (SSSR count). The molecule has 0 saturated heterocycles. The SMILES string of the molecule is COc1ccc(-c2cc3nc(C)n(-c4ccccc4)c3cn2)cc1. The van der Waals surface area contributed by atoms with Crippen LogP contribution in [0.1, 0.15) is 5.82 Å². The zero-order valence-corrected chi connectivity index (χ0v) is 13.6. The molecule has 0 spiro atoms. The third kappa shape index (κ3) is 2.42. The summed E-state index contributed by atoms with van der Waals surface area (Å²) in [6.07, 6.45) is 1.89. The van der Waals surface area contributed by atoms with Gasteiger partial charge in [0, 0.05) is 11.3 Å². The molecule has 2 aromatic carbocycles. The van der Waals surface area contributed by atoms with Crippen LogP contribution in [-0.2, 0) is 0 Å². The number of hydrogen-bond donors (Lipinski definition) is 0. The number of benzene rings is 2. The van der Waals surface area contributed by atoms with E-state index in [9.17, 15) is 0 Å². The number of methoxy groups -OCH3 is 1. The van der Waals surface area contributed by atoms with Crippen molar-refractivity contribution in [2.75, 3.05) is 7.11 Å². The maximum absolute atomic E-state index is 5.21. The van der Waals surface area contributed by atoms with Crippen molar-refractivity contribution in [2.24, 2.45) is 0 Å². The third-order valence-electron chi connectivity index (χ3n) is 4.11. The molecule has 4 heteroatoms. The van der Waals surface area contributed by atoms with E-state index in [-0.39, 0.29) is 0 Å². The smallest absolute Gasteiger partial charge is 0.118 e. The summed E-state index contributed by atoms with van der Waals surface area (Å²) >= 11 is 0. The van der Waals surface area contributed by atoms with Crippen LogP contribution in [0.15, 0.2) is 66.9 Å². The molecule has 0 bridgehead atoms. The number of ether oxygens (including phenoxy) is 1. The molecule has 118 valence electrons. The van der Waals surface area contributed by atoms with Crippen LogP contribution in [0.3, 0.4) is 0 Å². The summed E-state index contributed by atoms with van der Waals surface area (Å²) in [4.78, 5) is 9.34. The molecule has 0 amide bonds. The monoisotopic (exact) mass is 315 g/mol. The van der Waals surface area contributed by atoms with Gasteiger partial charge in [0.1, 0.15) is 11.6 Å². The average molecular weight is 315 g/mol. The van der Waals surface area contributed by atoms with E-state index in [1.165, 1.54) is 0 Å². The zero-order valence-electron chi connectivity index (χ0n) is 13.6. The number of imidazole rings is 1. The van der Waals surface area contributed by atoms with Crippen LogP contribution in [0, 0.1) is 6.92 Å². The van der Waals surface area contributed by atoms with E-state index in [1.54, 1.807) is 7.11 Å². The van der Waals surface area contributed by atoms with Crippen molar-refractivity contribution in [3.05, 3.63) is 72.7 Å². The number of pyridine rings is 1. The van der Waals surface area contributed by atoms with Crippen molar-refractivity contribution >= 4 is 11.0 Å². The number of fused-ring (bicyclic) bond motifs is 1. The Hall–Kier alpha value is -3.14. The van der Waals surface area contributed by atoms with Gasteiger partial charge in [0.25, 0.3) is 0 Å². The Kier molecular flexibility index (Phi) is 3.50. The Balaban J connectivity index is 1.82. The first kappa shape index (κ1) is 14.5. The van der Waals surface area contributed by atoms with Gasteiger partial charge in [-0.15, -0.1) is 0 Å². The quantitative estimate of drug-likeness (QED) is 0.562. The molecule has 0 atom stereocenters. The highest BCUT2D eigenvalue weighted by Crippen LogP contribution is 2.26. The van der Waals surface area contributed by atoms with E-state index in [0.29, 0.717) is 0 Å². The van der Waals surface area contributed by atoms with Gasteiger partial charge >= 0.3 is 0 Å². The Labute approximate surface area is 140 Å². The highest BCUT2D eigenvalue weighted by atomic mass is 16.5. The van der Waals surface area contributed by atoms with E-state index in [4.69, 9.17) is 9.72 Å². The van der Waals surface area contributed by atoms with E-state index in [2.05, 4.69) is 21.7 Å². The van der Waals surface area contributed by atoms with Crippen molar-refractivity contribution in [3.63, 3.8) is 0 Å². The Bertz CT molecular complexity index is 989. The standard InChI is InChI=1S/C20H17N3O/c1-14-22-19-12-18(15-8-10-17(24-2)11-9-15)21-13-20(19)23(14)16-6-4-3-5-7-16/h3-13H,1-2H3. The largest absolute Gasteiger partial charge is 0.497 e. The predicted molar refractivity (Wildman–Crippen MR) is 95.6 cm³/mol. The normalized spacial score (nSPS) is 10.9. The summed E-state index contributed by atoms with van der Waals surface area (Å²) in [6.45, 7) is 2.01. The first-order valence-electron chi connectivity index (χ1n) is 7.81. The molecule has 4 nitrogen and oxygen atoms in total. The highest BCUT2D eigenvalue weighted by molar-refractivity contribution is 5.81. The number of nitrogens with zero attached hydrogens (tertiary/aromatic N) is 3. The summed E-state index contributed by atoms with van der Waals surface area (Å²) in [5.41, 5.74) is 5.00. The number of hydrogen-bond acceptors (Lipinski definition) is 3. The molecule has 0 aliphatic rings. The second-order valence-electron chi connectivity index (χ2n) is 5.62. The first-order chi connectivity index (χ1) is 11.8. The number of aryl methyl sites for hydroxylation is 1. The zero-order chi connectivity index (χ0) is 16.5. The van der Waals surface area contributed by atoms with Crippen molar-refractivity contribution in [1.82, 2.24) is 14.5 Å². The highest BCUT2D eigenvalue weighted by Gasteiger charge is 2.11. The molecule has 0 aliphatic carbocycles. The van der Waals surface area contributed by atoms with Gasteiger partial charge in [-0.25, -0.2) is 4.98 Å². The minimum atomic E-state index is 0.837. The summed E-state index contributed by atoms with van der Waals surface area (Å²) in [7, 11) is 1.66. The van der Waals surface area contributed by atoms with Crippen molar-refractivity contribution < 1.29 is 4.74 Å². The van der Waals surface area contributed by atoms with E-state index in [1.807, 2.05) is 61.7 Å². The molecule has 2 heterocycles. The molecule has 2 aromatic heterocycles. The molecule has 0 unspecified atom stereocenters. The van der Waals surface area contributed by atoms with Gasteiger partial charge in [0.2, 0.25) is 0 Å². The molecule has 0 saturated carbocycles. The minimum absolute atomic E-state index is 0.837. The van der Waals surface area contributed by atoms with Crippen molar-refractivity contribution in [3.8, 4) is 22.7 Å². The minimum Gasteiger partial charge on any atom is -0.497 e. The summed E-state index contributed by atoms with van der Waals surface area (Å²) in [6, 6.07) is 20.1. The van der Waals surface area contributed by atoms with Crippen molar-refractivity contribution in [1.29, 1.82) is 0 Å². The maximum Gasteiger partial charge on any atom is 0.118 e. The summed E-state index contributed by atoms with van der Waals surface area (Å²) in [5.74, 6) is 1.79. The fraction of sp³-hybridized carbons (Fsp3) is 0.100. The molecule has 0 N–H and O–H groups in total. The van der Waals surface area contributed by atoms with E-state index < -0.39 is 0 Å².